The number of benzene rings is 1. The third kappa shape index (κ3) is 6.09. The van der Waals surface area contributed by atoms with Crippen LogP contribution in [0.5, 0.6) is 0 Å². The third-order valence-electron chi connectivity index (χ3n) is 3.76. The summed E-state index contributed by atoms with van der Waals surface area (Å²) in [4.78, 5) is 24.0. The number of nitrogens with one attached hydrogen (secondary N) is 2. The number of rotatable bonds is 5. The first-order chi connectivity index (χ1) is 12.6. The second-order valence-electron chi connectivity index (χ2n) is 6.23. The van der Waals surface area contributed by atoms with Crippen LogP contribution in [-0.4, -0.2) is 27.9 Å². The average Bonchev–Trinajstić information content (AvgIpc) is 2.91. The zero-order valence-electron chi connectivity index (χ0n) is 14.9. The van der Waals surface area contributed by atoms with Gasteiger partial charge in [-0.15, -0.1) is 5.10 Å². The second-order valence-corrected chi connectivity index (χ2v) is 7.42. The van der Waals surface area contributed by atoms with Crippen molar-refractivity contribution in [2.45, 2.75) is 38.6 Å². The molecule has 146 valence electrons. The van der Waals surface area contributed by atoms with Crippen molar-refractivity contribution in [1.29, 1.82) is 0 Å². The Labute approximate surface area is 158 Å². The van der Waals surface area contributed by atoms with E-state index >= 15 is 0 Å². The minimum Gasteiger partial charge on any atom is -0.326 e. The topological polar surface area (TPSA) is 82.9 Å². The van der Waals surface area contributed by atoms with Crippen LogP contribution in [0.15, 0.2) is 34.5 Å². The van der Waals surface area contributed by atoms with Crippen LogP contribution in [0.4, 0.5) is 18.9 Å². The lowest BCUT2D eigenvalue weighted by atomic mass is 10.1. The Morgan fingerprint density at radius 2 is 2.07 bits per heavy atom. The number of carbonyl (C=O) groups is 2. The molecule has 1 unspecified atom stereocenters. The van der Waals surface area contributed by atoms with Crippen molar-refractivity contribution >= 4 is 40.1 Å². The Morgan fingerprint density at radius 1 is 1.37 bits per heavy atom. The Kier molecular flexibility index (Phi) is 6.63. The van der Waals surface area contributed by atoms with Crippen LogP contribution >= 0.6 is 11.8 Å². The minimum absolute atomic E-state index is 0.0179. The number of hydrogen-bond acceptors (Lipinski definition) is 5. The summed E-state index contributed by atoms with van der Waals surface area (Å²) in [5.41, 5.74) is -0.0477. The monoisotopic (exact) mass is 400 g/mol. The number of amides is 2. The highest BCUT2D eigenvalue weighted by atomic mass is 32.2. The summed E-state index contributed by atoms with van der Waals surface area (Å²) < 4.78 is 38.1. The van der Waals surface area contributed by atoms with Crippen LogP contribution in [0.25, 0.3) is 0 Å². The highest BCUT2D eigenvalue weighted by Gasteiger charge is 2.33. The van der Waals surface area contributed by atoms with Crippen molar-refractivity contribution in [3.05, 3.63) is 29.8 Å². The number of thioether (sulfide) groups is 1. The normalized spacial score (nSPS) is 19.5. The fourth-order valence-corrected chi connectivity index (χ4v) is 2.90. The molecule has 0 bridgehead atoms. The maximum atomic E-state index is 12.7. The predicted molar refractivity (Wildman–Crippen MR) is 99.6 cm³/mol. The molecule has 0 aliphatic carbocycles. The van der Waals surface area contributed by atoms with E-state index in [2.05, 4.69) is 20.8 Å². The number of hydrogen-bond donors (Lipinski definition) is 2. The Morgan fingerprint density at radius 3 is 2.70 bits per heavy atom. The van der Waals surface area contributed by atoms with Gasteiger partial charge in [0, 0.05) is 17.8 Å². The highest BCUT2D eigenvalue weighted by molar-refractivity contribution is 8.15. The minimum atomic E-state index is -4.50. The molecule has 1 saturated heterocycles. The van der Waals surface area contributed by atoms with E-state index in [4.69, 9.17) is 0 Å². The third-order valence-corrected chi connectivity index (χ3v) is 4.83. The van der Waals surface area contributed by atoms with Gasteiger partial charge in [-0.3, -0.25) is 9.59 Å². The van der Waals surface area contributed by atoms with E-state index in [0.29, 0.717) is 0 Å². The standard InChI is InChI=1S/C17H19F3N4O2S/c1-9(2)10(3)23-24-16-22-15(26)13(27-16)8-14(25)21-12-6-4-5-11(7-12)17(18,19)20/h4-7,9,13H,8H2,1-3H3,(H,21,25)(H,22,24,26)/b23-10+. The lowest BCUT2D eigenvalue weighted by molar-refractivity contribution is -0.137. The van der Waals surface area contributed by atoms with Gasteiger partial charge in [0.05, 0.1) is 5.56 Å². The molecule has 1 aliphatic rings. The molecule has 1 heterocycles. The van der Waals surface area contributed by atoms with Gasteiger partial charge in [-0.25, -0.2) is 0 Å². The molecule has 2 amide bonds. The summed E-state index contributed by atoms with van der Waals surface area (Å²) >= 11 is 1.06. The lowest BCUT2D eigenvalue weighted by Crippen LogP contribution is -2.28. The molecule has 1 aromatic rings. The molecule has 2 N–H and O–H groups in total. The van der Waals surface area contributed by atoms with Crippen molar-refractivity contribution in [1.82, 2.24) is 5.32 Å². The molecule has 2 rings (SSSR count). The molecular formula is C17H19F3N4O2S. The van der Waals surface area contributed by atoms with Gasteiger partial charge in [0.2, 0.25) is 11.8 Å². The van der Waals surface area contributed by atoms with Gasteiger partial charge in [-0.05, 0) is 31.0 Å². The molecule has 1 fully saturated rings. The largest absolute Gasteiger partial charge is 0.416 e. The fourth-order valence-electron chi connectivity index (χ4n) is 1.98. The SMILES string of the molecule is C/C(=N\N=C1\NC(=O)C(CC(=O)Nc2cccc(C(F)(F)F)c2)S1)C(C)C. The van der Waals surface area contributed by atoms with E-state index in [-0.39, 0.29) is 23.2 Å². The number of anilines is 1. The Bertz CT molecular complexity index is 791. The van der Waals surface area contributed by atoms with Gasteiger partial charge in [0.25, 0.3) is 0 Å². The summed E-state index contributed by atoms with van der Waals surface area (Å²) in [6.07, 6.45) is -4.69. The predicted octanol–water partition coefficient (Wildman–Crippen LogP) is 3.65. The fraction of sp³-hybridized carbons (Fsp3) is 0.412. The Hall–Kier alpha value is -2.36. The molecule has 1 aromatic carbocycles. The summed E-state index contributed by atoms with van der Waals surface area (Å²) in [7, 11) is 0. The van der Waals surface area contributed by atoms with Gasteiger partial charge >= 0.3 is 6.18 Å². The molecule has 0 spiro atoms. The number of nitrogens with zero attached hydrogens (tertiary/aromatic N) is 2. The average molecular weight is 400 g/mol. The van der Waals surface area contributed by atoms with Gasteiger partial charge < -0.3 is 10.6 Å². The van der Waals surface area contributed by atoms with E-state index in [1.54, 1.807) is 0 Å². The first-order valence-electron chi connectivity index (χ1n) is 8.13. The van der Waals surface area contributed by atoms with E-state index in [1.165, 1.54) is 12.1 Å². The number of carbonyl (C=O) groups excluding carboxylic acids is 2. The van der Waals surface area contributed by atoms with Crippen LogP contribution < -0.4 is 10.6 Å². The molecule has 0 saturated carbocycles. The van der Waals surface area contributed by atoms with Crippen LogP contribution in [0, 0.1) is 5.92 Å². The summed E-state index contributed by atoms with van der Waals surface area (Å²) in [6, 6.07) is 4.31. The molecule has 1 atom stereocenters. The molecule has 6 nitrogen and oxygen atoms in total. The zero-order valence-corrected chi connectivity index (χ0v) is 15.7. The summed E-state index contributed by atoms with van der Waals surface area (Å²) in [5.74, 6) is -0.745. The molecule has 0 radical (unpaired) electrons. The summed E-state index contributed by atoms with van der Waals surface area (Å²) in [5, 5.41) is 12.5. The number of halogens is 3. The number of amidine groups is 1. The zero-order chi connectivity index (χ0) is 20.2. The number of alkyl halides is 3. The molecular weight excluding hydrogens is 381 g/mol. The smallest absolute Gasteiger partial charge is 0.326 e. The van der Waals surface area contributed by atoms with Crippen LogP contribution in [-0.2, 0) is 15.8 Å². The van der Waals surface area contributed by atoms with Crippen molar-refractivity contribution in [2.24, 2.45) is 16.1 Å². The van der Waals surface area contributed by atoms with Crippen LogP contribution in [0.3, 0.4) is 0 Å². The second kappa shape index (κ2) is 8.55. The van der Waals surface area contributed by atoms with Crippen molar-refractivity contribution in [3.63, 3.8) is 0 Å². The molecule has 27 heavy (non-hydrogen) atoms. The van der Waals surface area contributed by atoms with Crippen molar-refractivity contribution in [2.75, 3.05) is 5.32 Å². The molecule has 0 aromatic heterocycles. The van der Waals surface area contributed by atoms with Gasteiger partial charge in [0.1, 0.15) is 5.25 Å². The van der Waals surface area contributed by atoms with Gasteiger partial charge in [-0.2, -0.15) is 18.3 Å². The summed E-state index contributed by atoms with van der Waals surface area (Å²) in [6.45, 7) is 5.73. The maximum absolute atomic E-state index is 12.7. The van der Waals surface area contributed by atoms with Crippen molar-refractivity contribution in [3.8, 4) is 0 Å². The van der Waals surface area contributed by atoms with E-state index in [0.717, 1.165) is 29.6 Å². The quantitative estimate of drug-likeness (QED) is 0.585. The molecule has 1 aliphatic heterocycles. The first kappa shape index (κ1) is 20.9. The maximum Gasteiger partial charge on any atom is 0.416 e. The van der Waals surface area contributed by atoms with E-state index < -0.39 is 28.8 Å². The Balaban J connectivity index is 1.97. The van der Waals surface area contributed by atoms with Crippen molar-refractivity contribution < 1.29 is 22.8 Å². The molecule has 10 heteroatoms. The van der Waals surface area contributed by atoms with E-state index in [9.17, 15) is 22.8 Å². The highest BCUT2D eigenvalue weighted by Crippen LogP contribution is 2.31. The lowest BCUT2D eigenvalue weighted by Gasteiger charge is -2.10. The van der Waals surface area contributed by atoms with E-state index in [1.807, 2.05) is 20.8 Å². The first-order valence-corrected chi connectivity index (χ1v) is 9.01. The van der Waals surface area contributed by atoms with Crippen LogP contribution in [0.1, 0.15) is 32.8 Å². The van der Waals surface area contributed by atoms with Gasteiger partial charge in [0.15, 0.2) is 5.17 Å². The van der Waals surface area contributed by atoms with Gasteiger partial charge in [-0.1, -0.05) is 31.7 Å². The van der Waals surface area contributed by atoms with Crippen LogP contribution in [0.2, 0.25) is 0 Å².